The Balaban J connectivity index is 1.55. The second kappa shape index (κ2) is 8.07. The first kappa shape index (κ1) is 17.4. The van der Waals surface area contributed by atoms with Crippen molar-refractivity contribution in [1.29, 1.82) is 0 Å². The van der Waals surface area contributed by atoms with E-state index >= 15 is 0 Å². The number of para-hydroxylation sites is 1. The highest BCUT2D eigenvalue weighted by molar-refractivity contribution is 5.89. The number of carbonyl (C=O) groups is 1. The summed E-state index contributed by atoms with van der Waals surface area (Å²) >= 11 is 0. The van der Waals surface area contributed by atoms with Gasteiger partial charge in [-0.2, -0.15) is 0 Å². The van der Waals surface area contributed by atoms with Crippen LogP contribution in [0, 0.1) is 11.6 Å². The average Bonchev–Trinajstić information content (AvgIpc) is 2.85. The molecule has 2 aromatic carbocycles. The van der Waals surface area contributed by atoms with Crippen LogP contribution in [0.4, 0.5) is 19.3 Å². The standard InChI is InChI=1S/C19H21F2N3O/c20-16-8-6-15(7-9-16)14-23-10-3-11-24(13-12-23)19(25)22-18-5-2-1-4-17(18)21/h1-2,4-9H,3,10-14H2,(H,22,25). The monoisotopic (exact) mass is 345 g/mol. The van der Waals surface area contributed by atoms with Crippen molar-refractivity contribution in [2.24, 2.45) is 0 Å². The Morgan fingerprint density at radius 2 is 1.72 bits per heavy atom. The van der Waals surface area contributed by atoms with Gasteiger partial charge in [-0.1, -0.05) is 24.3 Å². The van der Waals surface area contributed by atoms with Gasteiger partial charge in [0.25, 0.3) is 0 Å². The van der Waals surface area contributed by atoms with Crippen molar-refractivity contribution in [2.75, 3.05) is 31.5 Å². The summed E-state index contributed by atoms with van der Waals surface area (Å²) in [5.74, 6) is -0.681. The van der Waals surface area contributed by atoms with Crippen LogP contribution in [0.15, 0.2) is 48.5 Å². The molecule has 1 aliphatic rings. The minimum absolute atomic E-state index is 0.194. The molecule has 0 bridgehead atoms. The fraction of sp³-hybridized carbons (Fsp3) is 0.316. The summed E-state index contributed by atoms with van der Waals surface area (Å²) in [6.07, 6.45) is 0.839. The van der Waals surface area contributed by atoms with Crippen LogP contribution in [0.3, 0.4) is 0 Å². The molecule has 1 fully saturated rings. The Bertz CT molecular complexity index is 721. The van der Waals surface area contributed by atoms with Crippen molar-refractivity contribution in [3.05, 3.63) is 65.7 Å². The summed E-state index contributed by atoms with van der Waals surface area (Å²) in [5.41, 5.74) is 1.24. The number of nitrogens with one attached hydrogen (secondary N) is 1. The van der Waals surface area contributed by atoms with Gasteiger partial charge in [-0.05, 0) is 36.2 Å². The lowest BCUT2D eigenvalue weighted by Gasteiger charge is -2.22. The molecule has 0 aliphatic carbocycles. The van der Waals surface area contributed by atoms with Gasteiger partial charge >= 0.3 is 6.03 Å². The second-order valence-corrected chi connectivity index (χ2v) is 6.15. The van der Waals surface area contributed by atoms with Gasteiger partial charge in [0.2, 0.25) is 0 Å². The molecular formula is C19H21F2N3O. The fourth-order valence-corrected chi connectivity index (χ4v) is 2.94. The SMILES string of the molecule is O=C(Nc1ccccc1F)N1CCCN(Cc2ccc(F)cc2)CC1. The summed E-state index contributed by atoms with van der Waals surface area (Å²) < 4.78 is 26.6. The zero-order chi connectivity index (χ0) is 17.6. The van der Waals surface area contributed by atoms with Crippen LogP contribution in [0.25, 0.3) is 0 Å². The molecule has 25 heavy (non-hydrogen) atoms. The van der Waals surface area contributed by atoms with E-state index in [9.17, 15) is 13.6 Å². The normalized spacial score (nSPS) is 15.7. The molecule has 1 N–H and O–H groups in total. The van der Waals surface area contributed by atoms with Crippen LogP contribution >= 0.6 is 0 Å². The highest BCUT2D eigenvalue weighted by Gasteiger charge is 2.20. The third-order valence-corrected chi connectivity index (χ3v) is 4.31. The maximum Gasteiger partial charge on any atom is 0.321 e. The van der Waals surface area contributed by atoms with Gasteiger partial charge in [0.05, 0.1) is 5.69 Å². The van der Waals surface area contributed by atoms with Crippen molar-refractivity contribution >= 4 is 11.7 Å². The number of nitrogens with zero attached hydrogens (tertiary/aromatic N) is 2. The first-order valence-corrected chi connectivity index (χ1v) is 8.39. The lowest BCUT2D eigenvalue weighted by atomic mass is 10.2. The van der Waals surface area contributed by atoms with Crippen molar-refractivity contribution in [2.45, 2.75) is 13.0 Å². The average molecular weight is 345 g/mol. The zero-order valence-electron chi connectivity index (χ0n) is 13.9. The summed E-state index contributed by atoms with van der Waals surface area (Å²) in [6, 6.07) is 12.3. The number of urea groups is 1. The molecule has 0 aromatic heterocycles. The van der Waals surface area contributed by atoms with Crippen molar-refractivity contribution in [1.82, 2.24) is 9.80 Å². The zero-order valence-corrected chi connectivity index (χ0v) is 13.9. The largest absolute Gasteiger partial charge is 0.323 e. The summed E-state index contributed by atoms with van der Waals surface area (Å²) in [6.45, 7) is 3.51. The van der Waals surface area contributed by atoms with E-state index in [-0.39, 0.29) is 17.5 Å². The van der Waals surface area contributed by atoms with E-state index in [0.717, 1.165) is 31.6 Å². The molecule has 0 unspecified atom stereocenters. The Morgan fingerprint density at radius 3 is 2.48 bits per heavy atom. The molecular weight excluding hydrogens is 324 g/mol. The first-order valence-electron chi connectivity index (χ1n) is 8.39. The lowest BCUT2D eigenvalue weighted by molar-refractivity contribution is 0.211. The third-order valence-electron chi connectivity index (χ3n) is 4.31. The van der Waals surface area contributed by atoms with E-state index in [2.05, 4.69) is 10.2 Å². The minimum Gasteiger partial charge on any atom is -0.323 e. The van der Waals surface area contributed by atoms with Crippen molar-refractivity contribution in [3.8, 4) is 0 Å². The Kier molecular flexibility index (Phi) is 5.60. The summed E-state index contributed by atoms with van der Waals surface area (Å²) in [7, 11) is 0. The predicted molar refractivity (Wildman–Crippen MR) is 93.3 cm³/mol. The van der Waals surface area contributed by atoms with Gasteiger partial charge < -0.3 is 10.2 Å². The van der Waals surface area contributed by atoms with Crippen LogP contribution in [0.5, 0.6) is 0 Å². The van der Waals surface area contributed by atoms with Crippen LogP contribution < -0.4 is 5.32 Å². The number of anilines is 1. The molecule has 0 spiro atoms. The molecule has 0 radical (unpaired) electrons. The van der Waals surface area contributed by atoms with Crippen LogP contribution in [0.1, 0.15) is 12.0 Å². The molecule has 0 saturated carbocycles. The number of hydrogen-bond acceptors (Lipinski definition) is 2. The Morgan fingerprint density at radius 1 is 0.960 bits per heavy atom. The van der Waals surface area contributed by atoms with Gasteiger partial charge in [0.15, 0.2) is 0 Å². The number of hydrogen-bond donors (Lipinski definition) is 1. The smallest absolute Gasteiger partial charge is 0.321 e. The number of benzene rings is 2. The minimum atomic E-state index is -0.441. The third kappa shape index (κ3) is 4.76. The predicted octanol–water partition coefficient (Wildman–Crippen LogP) is 3.70. The van der Waals surface area contributed by atoms with E-state index < -0.39 is 5.82 Å². The maximum atomic E-state index is 13.7. The first-order chi connectivity index (χ1) is 12.1. The van der Waals surface area contributed by atoms with Gasteiger partial charge in [-0.15, -0.1) is 0 Å². The molecule has 1 saturated heterocycles. The highest BCUT2D eigenvalue weighted by atomic mass is 19.1. The number of rotatable bonds is 3. The van der Waals surface area contributed by atoms with Gasteiger partial charge in [-0.25, -0.2) is 13.6 Å². The molecule has 0 atom stereocenters. The van der Waals surface area contributed by atoms with E-state index in [1.807, 2.05) is 0 Å². The quantitative estimate of drug-likeness (QED) is 0.921. The molecule has 2 aromatic rings. The van der Waals surface area contributed by atoms with E-state index in [1.165, 1.54) is 18.2 Å². The highest BCUT2D eigenvalue weighted by Crippen LogP contribution is 2.15. The molecule has 6 heteroatoms. The summed E-state index contributed by atoms with van der Waals surface area (Å²) in [5, 5.41) is 2.63. The van der Waals surface area contributed by atoms with Gasteiger partial charge in [0.1, 0.15) is 11.6 Å². The van der Waals surface area contributed by atoms with Crippen molar-refractivity contribution in [3.63, 3.8) is 0 Å². The van der Waals surface area contributed by atoms with Crippen molar-refractivity contribution < 1.29 is 13.6 Å². The maximum absolute atomic E-state index is 13.7. The molecule has 1 aliphatic heterocycles. The van der Waals surface area contributed by atoms with Crippen LogP contribution in [0.2, 0.25) is 0 Å². The van der Waals surface area contributed by atoms with Gasteiger partial charge in [0, 0.05) is 32.7 Å². The Labute approximate surface area is 146 Å². The molecule has 4 nitrogen and oxygen atoms in total. The molecule has 132 valence electrons. The number of halogens is 2. The second-order valence-electron chi connectivity index (χ2n) is 6.15. The molecule has 1 heterocycles. The molecule has 2 amide bonds. The number of amides is 2. The van der Waals surface area contributed by atoms with Crippen LogP contribution in [-0.4, -0.2) is 42.0 Å². The molecule has 3 rings (SSSR count). The van der Waals surface area contributed by atoms with Gasteiger partial charge in [-0.3, -0.25) is 4.90 Å². The van der Waals surface area contributed by atoms with E-state index in [0.29, 0.717) is 13.1 Å². The fourth-order valence-electron chi connectivity index (χ4n) is 2.94. The van der Waals surface area contributed by atoms with Crippen LogP contribution in [-0.2, 0) is 6.54 Å². The topological polar surface area (TPSA) is 35.6 Å². The van der Waals surface area contributed by atoms with E-state index in [1.54, 1.807) is 35.2 Å². The number of carbonyl (C=O) groups excluding carboxylic acids is 1. The Hall–Kier alpha value is -2.47. The summed E-state index contributed by atoms with van der Waals surface area (Å²) in [4.78, 5) is 16.3. The lowest BCUT2D eigenvalue weighted by Crippen LogP contribution is -2.38. The van der Waals surface area contributed by atoms with E-state index in [4.69, 9.17) is 0 Å².